The molecule has 0 heterocycles. The predicted octanol–water partition coefficient (Wildman–Crippen LogP) is 2.54. The van der Waals surface area contributed by atoms with Crippen molar-refractivity contribution >= 4 is 0 Å². The zero-order chi connectivity index (χ0) is 14.7. The van der Waals surface area contributed by atoms with Crippen LogP contribution in [0.4, 0.5) is 0 Å². The fourth-order valence-corrected chi connectivity index (χ4v) is 1.85. The molecule has 0 radical (unpaired) electrons. The third kappa shape index (κ3) is 13.9. The molecule has 0 spiro atoms. The van der Waals surface area contributed by atoms with Crippen molar-refractivity contribution in [2.24, 2.45) is 0 Å². The molecule has 0 saturated carbocycles. The first-order valence-electron chi connectivity index (χ1n) is 7.14. The number of rotatable bonds is 8. The van der Waals surface area contributed by atoms with Crippen LogP contribution in [0, 0.1) is 0 Å². The Hall–Kier alpha value is -0.160. The van der Waals surface area contributed by atoms with Gasteiger partial charge in [-0.15, -0.1) is 0 Å². The van der Waals surface area contributed by atoms with E-state index in [0.29, 0.717) is 25.7 Å². The van der Waals surface area contributed by atoms with E-state index in [2.05, 4.69) is 0 Å². The molecule has 4 N–H and O–H groups in total. The van der Waals surface area contributed by atoms with E-state index in [1.54, 1.807) is 0 Å². The zero-order valence-corrected chi connectivity index (χ0v) is 12.4. The van der Waals surface area contributed by atoms with Crippen LogP contribution in [0.1, 0.15) is 79.1 Å². The van der Waals surface area contributed by atoms with Crippen LogP contribution in [0.25, 0.3) is 0 Å². The third-order valence-corrected chi connectivity index (χ3v) is 2.60. The topological polar surface area (TPSA) is 80.9 Å². The molecule has 0 aliphatic heterocycles. The summed E-state index contributed by atoms with van der Waals surface area (Å²) in [4.78, 5) is 0. The van der Waals surface area contributed by atoms with Gasteiger partial charge in [-0.2, -0.15) is 0 Å². The van der Waals surface area contributed by atoms with E-state index in [1.807, 2.05) is 27.7 Å². The average Bonchev–Trinajstić information content (AvgIpc) is 2.17. The van der Waals surface area contributed by atoms with Gasteiger partial charge in [0.25, 0.3) is 0 Å². The van der Waals surface area contributed by atoms with E-state index in [0.717, 1.165) is 25.7 Å². The lowest BCUT2D eigenvalue weighted by atomic mass is 10.1. The maximum absolute atomic E-state index is 9.07. The van der Waals surface area contributed by atoms with Crippen LogP contribution < -0.4 is 0 Å². The highest BCUT2D eigenvalue weighted by Crippen LogP contribution is 2.15. The van der Waals surface area contributed by atoms with Crippen molar-refractivity contribution in [2.45, 2.75) is 90.6 Å². The molecule has 4 nitrogen and oxygen atoms in total. The second kappa shape index (κ2) is 10.7. The SMILES string of the molecule is CCCC(O)(O)CCC.CCCC(O)(O)CCC. The van der Waals surface area contributed by atoms with Crippen LogP contribution >= 0.6 is 0 Å². The highest BCUT2D eigenvalue weighted by atomic mass is 16.5. The van der Waals surface area contributed by atoms with Gasteiger partial charge in [0, 0.05) is 25.7 Å². The second-order valence-corrected chi connectivity index (χ2v) is 4.96. The summed E-state index contributed by atoms with van der Waals surface area (Å²) < 4.78 is 0. The van der Waals surface area contributed by atoms with Crippen molar-refractivity contribution < 1.29 is 20.4 Å². The normalized spacial score (nSPS) is 12.0. The summed E-state index contributed by atoms with van der Waals surface area (Å²) in [5.41, 5.74) is 0. The number of hydrogen-bond donors (Lipinski definition) is 4. The van der Waals surface area contributed by atoms with Crippen LogP contribution in [-0.4, -0.2) is 32.0 Å². The minimum Gasteiger partial charge on any atom is -0.366 e. The second-order valence-electron chi connectivity index (χ2n) is 4.96. The van der Waals surface area contributed by atoms with Gasteiger partial charge in [-0.3, -0.25) is 0 Å². The quantitative estimate of drug-likeness (QED) is 0.508. The molecule has 0 fully saturated rings. The smallest absolute Gasteiger partial charge is 0.162 e. The highest BCUT2D eigenvalue weighted by Gasteiger charge is 2.19. The van der Waals surface area contributed by atoms with Crippen molar-refractivity contribution in [3.8, 4) is 0 Å². The van der Waals surface area contributed by atoms with Crippen molar-refractivity contribution in [1.29, 1.82) is 0 Å². The van der Waals surface area contributed by atoms with Gasteiger partial charge in [-0.1, -0.05) is 53.4 Å². The molecule has 0 atom stereocenters. The van der Waals surface area contributed by atoms with Crippen LogP contribution in [0.5, 0.6) is 0 Å². The molecule has 112 valence electrons. The van der Waals surface area contributed by atoms with E-state index in [9.17, 15) is 0 Å². The predicted molar refractivity (Wildman–Crippen MR) is 74.0 cm³/mol. The van der Waals surface area contributed by atoms with Gasteiger partial charge < -0.3 is 20.4 Å². The minimum absolute atomic E-state index is 0.487. The molecule has 0 saturated heterocycles. The van der Waals surface area contributed by atoms with Gasteiger partial charge >= 0.3 is 0 Å². The van der Waals surface area contributed by atoms with E-state index in [1.165, 1.54) is 0 Å². The van der Waals surface area contributed by atoms with Gasteiger partial charge in [0.2, 0.25) is 0 Å². The van der Waals surface area contributed by atoms with Gasteiger partial charge in [-0.05, 0) is 0 Å². The van der Waals surface area contributed by atoms with Gasteiger partial charge in [-0.25, -0.2) is 0 Å². The van der Waals surface area contributed by atoms with E-state index < -0.39 is 11.6 Å². The molecule has 0 amide bonds. The Morgan fingerprint density at radius 3 is 0.778 bits per heavy atom. The van der Waals surface area contributed by atoms with Crippen molar-refractivity contribution in [3.63, 3.8) is 0 Å². The molecule has 0 rings (SSSR count). The third-order valence-electron chi connectivity index (χ3n) is 2.60. The molecule has 4 heteroatoms. The van der Waals surface area contributed by atoms with Crippen molar-refractivity contribution in [3.05, 3.63) is 0 Å². The monoisotopic (exact) mass is 264 g/mol. The Morgan fingerprint density at radius 1 is 0.500 bits per heavy atom. The van der Waals surface area contributed by atoms with E-state index in [-0.39, 0.29) is 0 Å². The summed E-state index contributed by atoms with van der Waals surface area (Å²) in [6.07, 6.45) is 5.25. The Bertz CT molecular complexity index is 143. The Balaban J connectivity index is 0. The summed E-state index contributed by atoms with van der Waals surface area (Å²) in [6.45, 7) is 7.77. The summed E-state index contributed by atoms with van der Waals surface area (Å²) >= 11 is 0. The first-order chi connectivity index (χ1) is 8.24. The summed E-state index contributed by atoms with van der Waals surface area (Å²) in [5, 5.41) is 36.3. The molecular weight excluding hydrogens is 232 g/mol. The van der Waals surface area contributed by atoms with Gasteiger partial charge in [0.1, 0.15) is 0 Å². The molecule has 0 unspecified atom stereocenters. The fourth-order valence-electron chi connectivity index (χ4n) is 1.85. The highest BCUT2D eigenvalue weighted by molar-refractivity contribution is 4.62. The lowest BCUT2D eigenvalue weighted by Crippen LogP contribution is -2.26. The maximum Gasteiger partial charge on any atom is 0.162 e. The minimum atomic E-state index is -1.40. The first kappa shape index (κ1) is 20.2. The van der Waals surface area contributed by atoms with Crippen LogP contribution in [0.15, 0.2) is 0 Å². The van der Waals surface area contributed by atoms with Gasteiger partial charge in [0.05, 0.1) is 0 Å². The molecule has 0 aromatic carbocycles. The largest absolute Gasteiger partial charge is 0.366 e. The lowest BCUT2D eigenvalue weighted by molar-refractivity contribution is -0.171. The standard InChI is InChI=1S/2C7H16O2/c2*1-3-5-7(8,9)6-4-2/h2*8-9H,3-6H2,1-2H3. The van der Waals surface area contributed by atoms with E-state index in [4.69, 9.17) is 20.4 Å². The zero-order valence-electron chi connectivity index (χ0n) is 12.4. The van der Waals surface area contributed by atoms with Crippen LogP contribution in [-0.2, 0) is 0 Å². The van der Waals surface area contributed by atoms with Crippen molar-refractivity contribution in [2.75, 3.05) is 0 Å². The van der Waals surface area contributed by atoms with Crippen LogP contribution in [0.2, 0.25) is 0 Å². The number of aliphatic hydroxyl groups is 4. The molecule has 0 bridgehead atoms. The molecular formula is C14H32O4. The average molecular weight is 264 g/mol. The summed E-state index contributed by atoms with van der Waals surface area (Å²) in [7, 11) is 0. The molecule has 0 aromatic heterocycles. The Morgan fingerprint density at radius 2 is 0.667 bits per heavy atom. The van der Waals surface area contributed by atoms with Crippen molar-refractivity contribution in [1.82, 2.24) is 0 Å². The molecule has 0 aliphatic carbocycles. The molecule has 0 aliphatic rings. The lowest BCUT2D eigenvalue weighted by Gasteiger charge is -2.19. The first-order valence-corrected chi connectivity index (χ1v) is 7.14. The van der Waals surface area contributed by atoms with E-state index >= 15 is 0 Å². The fraction of sp³-hybridized carbons (Fsp3) is 1.00. The summed E-state index contributed by atoms with van der Waals surface area (Å²) in [5.74, 6) is -2.80. The Kier molecular flexibility index (Phi) is 12.0. The maximum atomic E-state index is 9.07. The number of hydrogen-bond acceptors (Lipinski definition) is 4. The molecule has 18 heavy (non-hydrogen) atoms. The summed E-state index contributed by atoms with van der Waals surface area (Å²) in [6, 6.07) is 0. The molecule has 0 aromatic rings. The Labute approximate surface area is 112 Å². The van der Waals surface area contributed by atoms with Gasteiger partial charge in [0.15, 0.2) is 11.6 Å². The van der Waals surface area contributed by atoms with Crippen LogP contribution in [0.3, 0.4) is 0 Å².